The maximum Gasteiger partial charge on any atom is -0.0276 e. The molecule has 0 bridgehead atoms. The molecule has 0 unspecified atom stereocenters. The van der Waals surface area contributed by atoms with Crippen LogP contribution >= 0.6 is 0 Å². The van der Waals surface area contributed by atoms with Crippen molar-refractivity contribution in [1.82, 2.24) is 0 Å². The quantitative estimate of drug-likeness (QED) is 0.327. The number of hydrogen-bond donors (Lipinski definition) is 0. The molecule has 0 N–H and O–H groups in total. The van der Waals surface area contributed by atoms with E-state index in [-0.39, 0.29) is 0 Å². The Morgan fingerprint density at radius 3 is 1.55 bits per heavy atom. The molecule has 2 fully saturated rings. The molecule has 0 nitrogen and oxygen atoms in total. The molecule has 1 aromatic rings. The molecular formula is C29H48. The maximum absolute atomic E-state index is 2.41. The van der Waals surface area contributed by atoms with Crippen LogP contribution in [-0.2, 0) is 12.8 Å². The molecule has 29 heavy (non-hydrogen) atoms. The molecule has 0 heteroatoms. The predicted molar refractivity (Wildman–Crippen MR) is 128 cm³/mol. The molecule has 2 saturated carbocycles. The molecule has 0 amide bonds. The van der Waals surface area contributed by atoms with Crippen LogP contribution in [-0.4, -0.2) is 0 Å². The molecule has 2 aliphatic carbocycles. The molecule has 164 valence electrons. The van der Waals surface area contributed by atoms with Crippen LogP contribution in [0.25, 0.3) is 0 Å². The molecule has 0 aromatic heterocycles. The summed E-state index contributed by atoms with van der Waals surface area (Å²) in [6, 6.07) is 9.59. The van der Waals surface area contributed by atoms with Gasteiger partial charge in [0.05, 0.1) is 0 Å². The van der Waals surface area contributed by atoms with Gasteiger partial charge in [0.25, 0.3) is 0 Å². The van der Waals surface area contributed by atoms with Crippen LogP contribution in [0.5, 0.6) is 0 Å². The third-order valence-electron chi connectivity index (χ3n) is 8.35. The van der Waals surface area contributed by atoms with Gasteiger partial charge in [-0.05, 0) is 86.2 Å². The summed E-state index contributed by atoms with van der Waals surface area (Å²) in [7, 11) is 0. The van der Waals surface area contributed by atoms with E-state index in [1.54, 1.807) is 31.2 Å². The first kappa shape index (κ1) is 22.9. The summed E-state index contributed by atoms with van der Waals surface area (Å²) in [5.41, 5.74) is 3.10. The van der Waals surface area contributed by atoms with Crippen molar-refractivity contribution < 1.29 is 0 Å². The van der Waals surface area contributed by atoms with E-state index in [1.165, 1.54) is 89.0 Å². The van der Waals surface area contributed by atoms with Crippen LogP contribution in [0.3, 0.4) is 0 Å². The van der Waals surface area contributed by atoms with Gasteiger partial charge in [0.2, 0.25) is 0 Å². The fraction of sp³-hybridized carbons (Fsp3) is 0.793. The average Bonchev–Trinajstić information content (AvgIpc) is 2.78. The minimum Gasteiger partial charge on any atom is -0.0654 e. The zero-order valence-electron chi connectivity index (χ0n) is 19.6. The first-order chi connectivity index (χ1) is 14.3. The van der Waals surface area contributed by atoms with Crippen molar-refractivity contribution in [2.75, 3.05) is 0 Å². The molecule has 2 aliphatic rings. The van der Waals surface area contributed by atoms with Gasteiger partial charge in [0.15, 0.2) is 0 Å². The number of rotatable bonds is 11. The maximum atomic E-state index is 2.41. The second-order valence-corrected chi connectivity index (χ2v) is 10.5. The van der Waals surface area contributed by atoms with Gasteiger partial charge >= 0.3 is 0 Å². The molecule has 1 aromatic carbocycles. The highest BCUT2D eigenvalue weighted by molar-refractivity contribution is 5.22. The molecule has 0 saturated heterocycles. The minimum absolute atomic E-state index is 0.997. The molecule has 0 atom stereocenters. The van der Waals surface area contributed by atoms with Gasteiger partial charge in [0, 0.05) is 0 Å². The SMILES string of the molecule is CCCCCc1ccc(CCC2CCC(C3CCC(CCCC)CC3)CC2)cc1. The first-order valence-electron chi connectivity index (χ1n) is 13.4. The van der Waals surface area contributed by atoms with E-state index < -0.39 is 0 Å². The van der Waals surface area contributed by atoms with Crippen molar-refractivity contribution in [1.29, 1.82) is 0 Å². The van der Waals surface area contributed by atoms with E-state index in [0.717, 1.165) is 23.7 Å². The van der Waals surface area contributed by atoms with Crippen molar-refractivity contribution in [3.05, 3.63) is 35.4 Å². The van der Waals surface area contributed by atoms with Crippen molar-refractivity contribution in [2.24, 2.45) is 23.7 Å². The van der Waals surface area contributed by atoms with Crippen LogP contribution in [0.2, 0.25) is 0 Å². The van der Waals surface area contributed by atoms with Crippen LogP contribution in [0, 0.1) is 23.7 Å². The largest absolute Gasteiger partial charge is 0.0654 e. The Kier molecular flexibility index (Phi) is 10.1. The Labute approximate surface area is 182 Å². The van der Waals surface area contributed by atoms with Gasteiger partial charge in [-0.1, -0.05) is 95.9 Å². The van der Waals surface area contributed by atoms with E-state index >= 15 is 0 Å². The lowest BCUT2D eigenvalue weighted by atomic mass is 9.68. The molecular weight excluding hydrogens is 348 g/mol. The first-order valence-corrected chi connectivity index (χ1v) is 13.4. The van der Waals surface area contributed by atoms with Crippen molar-refractivity contribution >= 4 is 0 Å². The molecule has 3 rings (SSSR count). The smallest absolute Gasteiger partial charge is 0.0276 e. The normalized spacial score (nSPS) is 27.8. The fourth-order valence-corrected chi connectivity index (χ4v) is 6.21. The summed E-state index contributed by atoms with van der Waals surface area (Å²) >= 11 is 0. The van der Waals surface area contributed by atoms with Gasteiger partial charge in [-0.3, -0.25) is 0 Å². The van der Waals surface area contributed by atoms with E-state index in [4.69, 9.17) is 0 Å². The van der Waals surface area contributed by atoms with E-state index in [9.17, 15) is 0 Å². The Balaban J connectivity index is 1.31. The average molecular weight is 397 g/mol. The highest BCUT2D eigenvalue weighted by atomic mass is 14.4. The van der Waals surface area contributed by atoms with Crippen LogP contribution < -0.4 is 0 Å². The zero-order chi connectivity index (χ0) is 20.3. The number of aryl methyl sites for hydroxylation is 2. The summed E-state index contributed by atoms with van der Waals surface area (Å²) in [6.07, 6.45) is 24.6. The van der Waals surface area contributed by atoms with Gasteiger partial charge in [-0.2, -0.15) is 0 Å². The van der Waals surface area contributed by atoms with Crippen LogP contribution in [0.1, 0.15) is 121 Å². The molecule has 0 aliphatic heterocycles. The lowest BCUT2D eigenvalue weighted by molar-refractivity contribution is 0.140. The van der Waals surface area contributed by atoms with Crippen molar-refractivity contribution in [3.63, 3.8) is 0 Å². The molecule has 0 radical (unpaired) electrons. The standard InChI is InChI=1S/C29H48/c1-3-5-7-9-25-10-12-26(13-11-25)14-15-27-18-22-29(23-19-27)28-20-16-24(17-21-28)8-6-4-2/h10-13,24,27-29H,3-9,14-23H2,1-2H3. The summed E-state index contributed by atoms with van der Waals surface area (Å²) in [5, 5.41) is 0. The fourth-order valence-electron chi connectivity index (χ4n) is 6.21. The summed E-state index contributed by atoms with van der Waals surface area (Å²) in [5.74, 6) is 4.21. The topological polar surface area (TPSA) is 0 Å². The Morgan fingerprint density at radius 1 is 0.552 bits per heavy atom. The van der Waals surface area contributed by atoms with Crippen molar-refractivity contribution in [3.8, 4) is 0 Å². The van der Waals surface area contributed by atoms with Gasteiger partial charge in [-0.25, -0.2) is 0 Å². The highest BCUT2D eigenvalue weighted by Crippen LogP contribution is 2.43. The lowest BCUT2D eigenvalue weighted by Gasteiger charge is -2.38. The van der Waals surface area contributed by atoms with E-state index in [2.05, 4.69) is 38.1 Å². The number of unbranched alkanes of at least 4 members (excludes halogenated alkanes) is 3. The summed E-state index contributed by atoms with van der Waals surface area (Å²) in [4.78, 5) is 0. The second kappa shape index (κ2) is 12.8. The third-order valence-corrected chi connectivity index (χ3v) is 8.35. The lowest BCUT2D eigenvalue weighted by Crippen LogP contribution is -2.26. The molecule has 0 heterocycles. The highest BCUT2D eigenvalue weighted by Gasteiger charge is 2.30. The van der Waals surface area contributed by atoms with Gasteiger partial charge in [0.1, 0.15) is 0 Å². The summed E-state index contributed by atoms with van der Waals surface area (Å²) < 4.78 is 0. The third kappa shape index (κ3) is 7.76. The van der Waals surface area contributed by atoms with Crippen LogP contribution in [0.15, 0.2) is 24.3 Å². The number of benzene rings is 1. The second-order valence-electron chi connectivity index (χ2n) is 10.5. The predicted octanol–water partition coefficient (Wildman–Crippen LogP) is 9.15. The van der Waals surface area contributed by atoms with Crippen LogP contribution in [0.4, 0.5) is 0 Å². The number of hydrogen-bond acceptors (Lipinski definition) is 0. The Hall–Kier alpha value is -0.780. The van der Waals surface area contributed by atoms with E-state index in [0.29, 0.717) is 0 Å². The minimum atomic E-state index is 0.997. The zero-order valence-corrected chi connectivity index (χ0v) is 19.6. The molecule has 0 spiro atoms. The van der Waals surface area contributed by atoms with Gasteiger partial charge in [-0.15, -0.1) is 0 Å². The summed E-state index contributed by atoms with van der Waals surface area (Å²) in [6.45, 7) is 4.63. The Morgan fingerprint density at radius 2 is 1.03 bits per heavy atom. The van der Waals surface area contributed by atoms with Crippen molar-refractivity contribution in [2.45, 2.75) is 123 Å². The van der Waals surface area contributed by atoms with E-state index in [1.807, 2.05) is 0 Å². The van der Waals surface area contributed by atoms with Gasteiger partial charge < -0.3 is 0 Å². The monoisotopic (exact) mass is 396 g/mol. The Bertz CT molecular complexity index is 526.